The van der Waals surface area contributed by atoms with Crippen LogP contribution in [0.2, 0.25) is 5.02 Å². The molecule has 0 saturated carbocycles. The zero-order chi connectivity index (χ0) is 15.0. The molecule has 0 aliphatic rings. The second-order valence-electron chi connectivity index (χ2n) is 4.03. The van der Waals surface area contributed by atoms with Crippen LogP contribution in [0.5, 0.6) is 5.75 Å². The van der Waals surface area contributed by atoms with Gasteiger partial charge >= 0.3 is 12.0 Å². The lowest BCUT2D eigenvalue weighted by atomic mass is 10.2. The van der Waals surface area contributed by atoms with E-state index in [0.29, 0.717) is 29.3 Å². The molecule has 0 bridgehead atoms. The maximum absolute atomic E-state index is 11.5. The fourth-order valence-corrected chi connectivity index (χ4v) is 1.81. The minimum absolute atomic E-state index is 0.0264. The number of ether oxygens (including phenoxy) is 1. The molecule has 1 aromatic rings. The van der Waals surface area contributed by atoms with Gasteiger partial charge in [0.05, 0.1) is 7.11 Å². The van der Waals surface area contributed by atoms with Gasteiger partial charge in [0.15, 0.2) is 0 Å². The molecule has 1 aromatic carbocycles. The number of rotatable bonds is 7. The Morgan fingerprint density at radius 2 is 2.10 bits per heavy atom. The molecular formula is C13H17ClN2O4. The first-order valence-corrected chi connectivity index (χ1v) is 6.47. The first kappa shape index (κ1) is 16.1. The van der Waals surface area contributed by atoms with E-state index in [1.807, 2.05) is 0 Å². The highest BCUT2D eigenvalue weighted by atomic mass is 35.5. The number of methoxy groups -OCH3 is 1. The van der Waals surface area contributed by atoms with Gasteiger partial charge in [0.2, 0.25) is 0 Å². The molecule has 2 amide bonds. The lowest BCUT2D eigenvalue weighted by molar-refractivity contribution is -0.137. The predicted octanol–water partition coefficient (Wildman–Crippen LogP) is 2.01. The molecule has 1 rings (SSSR count). The van der Waals surface area contributed by atoms with Gasteiger partial charge in [-0.05, 0) is 18.6 Å². The summed E-state index contributed by atoms with van der Waals surface area (Å²) in [4.78, 5) is 21.8. The number of carboxylic acids is 1. The van der Waals surface area contributed by atoms with Crippen LogP contribution in [0, 0.1) is 0 Å². The van der Waals surface area contributed by atoms with E-state index in [0.717, 1.165) is 0 Å². The number of hydrogen-bond donors (Lipinski definition) is 3. The van der Waals surface area contributed by atoms with E-state index in [1.165, 1.54) is 7.11 Å². The Morgan fingerprint density at radius 1 is 1.35 bits per heavy atom. The Kier molecular flexibility index (Phi) is 6.66. The van der Waals surface area contributed by atoms with Crippen LogP contribution in [0.4, 0.5) is 4.79 Å². The highest BCUT2D eigenvalue weighted by Gasteiger charge is 2.09. The number of hydrogen-bond acceptors (Lipinski definition) is 3. The van der Waals surface area contributed by atoms with Crippen molar-refractivity contribution in [1.82, 2.24) is 10.6 Å². The minimum atomic E-state index is -0.881. The summed E-state index contributed by atoms with van der Waals surface area (Å²) < 4.78 is 5.16. The molecule has 3 N–H and O–H groups in total. The summed E-state index contributed by atoms with van der Waals surface area (Å²) in [6.07, 6.45) is 0.413. The molecule has 7 heteroatoms. The summed E-state index contributed by atoms with van der Waals surface area (Å²) in [6, 6.07) is 4.85. The maximum Gasteiger partial charge on any atom is 0.315 e. The third-order valence-corrected chi connectivity index (χ3v) is 2.93. The van der Waals surface area contributed by atoms with Gasteiger partial charge in [-0.1, -0.05) is 17.7 Å². The number of carbonyl (C=O) groups is 2. The van der Waals surface area contributed by atoms with Gasteiger partial charge < -0.3 is 20.5 Å². The number of aliphatic carboxylic acids is 1. The first-order valence-electron chi connectivity index (χ1n) is 6.09. The van der Waals surface area contributed by atoms with Crippen LogP contribution in [0.1, 0.15) is 18.4 Å². The van der Waals surface area contributed by atoms with Crippen LogP contribution in [0.3, 0.4) is 0 Å². The highest BCUT2D eigenvalue weighted by molar-refractivity contribution is 6.31. The molecule has 0 aliphatic carbocycles. The number of urea groups is 1. The Labute approximate surface area is 122 Å². The monoisotopic (exact) mass is 300 g/mol. The topological polar surface area (TPSA) is 87.7 Å². The number of amides is 2. The standard InChI is InChI=1S/C13H17ClN2O4/c1-20-11-5-2-4-10(14)9(11)8-16-13(19)15-7-3-6-12(17)18/h2,4-5H,3,6-8H2,1H3,(H,17,18)(H2,15,16,19). The fourth-order valence-electron chi connectivity index (χ4n) is 1.57. The normalized spacial score (nSPS) is 9.90. The van der Waals surface area contributed by atoms with Crippen LogP contribution in [0.15, 0.2) is 18.2 Å². The van der Waals surface area contributed by atoms with Crippen molar-refractivity contribution in [3.8, 4) is 5.75 Å². The van der Waals surface area contributed by atoms with Crippen molar-refractivity contribution in [2.75, 3.05) is 13.7 Å². The van der Waals surface area contributed by atoms with Crippen molar-refractivity contribution in [3.05, 3.63) is 28.8 Å². The number of nitrogens with one attached hydrogen (secondary N) is 2. The quantitative estimate of drug-likeness (QED) is 0.672. The summed E-state index contributed by atoms with van der Waals surface area (Å²) in [5.74, 6) is -0.281. The Morgan fingerprint density at radius 3 is 2.75 bits per heavy atom. The molecular weight excluding hydrogens is 284 g/mol. The highest BCUT2D eigenvalue weighted by Crippen LogP contribution is 2.25. The van der Waals surface area contributed by atoms with Crippen LogP contribution in [-0.4, -0.2) is 30.8 Å². The molecule has 0 atom stereocenters. The van der Waals surface area contributed by atoms with Gasteiger partial charge in [-0.3, -0.25) is 4.79 Å². The van der Waals surface area contributed by atoms with E-state index < -0.39 is 5.97 Å². The zero-order valence-electron chi connectivity index (χ0n) is 11.1. The number of carbonyl (C=O) groups excluding carboxylic acids is 1. The summed E-state index contributed by atoms with van der Waals surface area (Å²) in [5, 5.41) is 14.2. The molecule has 6 nitrogen and oxygen atoms in total. The summed E-state index contributed by atoms with van der Waals surface area (Å²) in [6.45, 7) is 0.533. The third kappa shape index (κ3) is 5.36. The van der Waals surface area contributed by atoms with Crippen LogP contribution in [-0.2, 0) is 11.3 Å². The lowest BCUT2D eigenvalue weighted by Gasteiger charge is -2.12. The molecule has 110 valence electrons. The van der Waals surface area contributed by atoms with Crippen molar-refractivity contribution >= 4 is 23.6 Å². The Hall–Kier alpha value is -1.95. The Balaban J connectivity index is 2.39. The SMILES string of the molecule is COc1cccc(Cl)c1CNC(=O)NCCCC(=O)O. The van der Waals surface area contributed by atoms with E-state index in [9.17, 15) is 9.59 Å². The number of halogens is 1. The van der Waals surface area contributed by atoms with Crippen LogP contribution >= 0.6 is 11.6 Å². The molecule has 0 heterocycles. The van der Waals surface area contributed by atoms with Gasteiger partial charge in [0, 0.05) is 30.1 Å². The van der Waals surface area contributed by atoms with Crippen molar-refractivity contribution in [3.63, 3.8) is 0 Å². The van der Waals surface area contributed by atoms with E-state index >= 15 is 0 Å². The van der Waals surface area contributed by atoms with E-state index in [4.69, 9.17) is 21.4 Å². The van der Waals surface area contributed by atoms with Crippen molar-refractivity contribution < 1.29 is 19.4 Å². The lowest BCUT2D eigenvalue weighted by Crippen LogP contribution is -2.35. The zero-order valence-corrected chi connectivity index (χ0v) is 11.9. The Bertz CT molecular complexity index is 479. The minimum Gasteiger partial charge on any atom is -0.496 e. The van der Waals surface area contributed by atoms with Gasteiger partial charge in [0.25, 0.3) is 0 Å². The number of benzene rings is 1. The van der Waals surface area contributed by atoms with Gasteiger partial charge in [-0.15, -0.1) is 0 Å². The number of carboxylic acid groups (broad SMARTS) is 1. The van der Waals surface area contributed by atoms with Crippen molar-refractivity contribution in [2.24, 2.45) is 0 Å². The summed E-state index contributed by atoms with van der Waals surface area (Å²) >= 11 is 6.04. The molecule has 20 heavy (non-hydrogen) atoms. The van der Waals surface area contributed by atoms with E-state index in [2.05, 4.69) is 10.6 Å². The molecule has 0 spiro atoms. The largest absolute Gasteiger partial charge is 0.496 e. The van der Waals surface area contributed by atoms with Crippen LogP contribution < -0.4 is 15.4 Å². The molecule has 0 saturated heterocycles. The average molecular weight is 301 g/mol. The van der Waals surface area contributed by atoms with E-state index in [1.54, 1.807) is 18.2 Å². The summed E-state index contributed by atoms with van der Waals surface area (Å²) in [7, 11) is 1.53. The molecule has 0 aromatic heterocycles. The second kappa shape index (κ2) is 8.27. The van der Waals surface area contributed by atoms with Crippen molar-refractivity contribution in [1.29, 1.82) is 0 Å². The van der Waals surface area contributed by atoms with Crippen LogP contribution in [0.25, 0.3) is 0 Å². The fraction of sp³-hybridized carbons (Fsp3) is 0.385. The van der Waals surface area contributed by atoms with Gasteiger partial charge in [-0.25, -0.2) is 4.79 Å². The molecule has 0 fully saturated rings. The predicted molar refractivity (Wildman–Crippen MR) is 75.1 cm³/mol. The first-order chi connectivity index (χ1) is 9.54. The van der Waals surface area contributed by atoms with Crippen molar-refractivity contribution in [2.45, 2.75) is 19.4 Å². The molecule has 0 aliphatic heterocycles. The smallest absolute Gasteiger partial charge is 0.315 e. The second-order valence-corrected chi connectivity index (χ2v) is 4.43. The summed E-state index contributed by atoms with van der Waals surface area (Å²) in [5.41, 5.74) is 0.692. The molecule has 0 radical (unpaired) electrons. The third-order valence-electron chi connectivity index (χ3n) is 2.57. The van der Waals surface area contributed by atoms with Gasteiger partial charge in [-0.2, -0.15) is 0 Å². The maximum atomic E-state index is 11.5. The van der Waals surface area contributed by atoms with E-state index in [-0.39, 0.29) is 19.0 Å². The molecule has 0 unspecified atom stereocenters. The average Bonchev–Trinajstić information content (AvgIpc) is 2.41. The van der Waals surface area contributed by atoms with Gasteiger partial charge in [0.1, 0.15) is 5.75 Å².